The van der Waals surface area contributed by atoms with Crippen molar-refractivity contribution in [1.29, 1.82) is 0 Å². The third-order valence-electron chi connectivity index (χ3n) is 22.1. The molecule has 4 bridgehead atoms. The van der Waals surface area contributed by atoms with Crippen molar-refractivity contribution >= 4 is 67.3 Å². The van der Waals surface area contributed by atoms with Gasteiger partial charge in [-0.2, -0.15) is 0 Å². The number of benzene rings is 8. The van der Waals surface area contributed by atoms with Gasteiger partial charge in [0, 0.05) is 147 Å². The summed E-state index contributed by atoms with van der Waals surface area (Å²) in [5.74, 6) is -8.01. The molecule has 6 amide bonds. The molecule has 8 aromatic carbocycles. The lowest BCUT2D eigenvalue weighted by Crippen LogP contribution is -2.61. The highest BCUT2D eigenvalue weighted by molar-refractivity contribution is 9.09. The van der Waals surface area contributed by atoms with Crippen LogP contribution in [0.15, 0.2) is 221 Å². The van der Waals surface area contributed by atoms with Crippen LogP contribution < -0.4 is 62.5 Å². The SMILES string of the molecule is BrCCCCBr.C#CC#CC#C.CC(c1ccccc1)C1NC(=O)c2c(OCc3ccccc3)c(=O)c(C(=O)NCc3c(F)cc(F)cc3F)cn2N1.O=C(NCc1c(F)cc(F)cc1F)c1cn2c(c(O)c1=O)C(=O)N1CCCCN2C1Cc1ccccc1.O=C(NCc1c(F)cc(F)cc1F)c1cn2c(c(OCc3ccccc3)c1=O)C(=O)N1CCCCN2C1Cc1ccccc1. The van der Waals surface area contributed by atoms with Crippen LogP contribution in [0.1, 0.15) is 158 Å². The Labute approximate surface area is 780 Å². The van der Waals surface area contributed by atoms with Crippen molar-refractivity contribution in [1.82, 2.24) is 45.1 Å². The normalized spacial score (nSPS) is 14.9. The van der Waals surface area contributed by atoms with Crippen molar-refractivity contribution in [2.45, 2.75) is 116 Å². The Hall–Kier alpha value is -14.8. The number of carbonyl (C=O) groups excluding carboxylic acids is 6. The summed E-state index contributed by atoms with van der Waals surface area (Å²) in [6.45, 7) is 1.78. The second-order valence-electron chi connectivity index (χ2n) is 30.8. The van der Waals surface area contributed by atoms with Gasteiger partial charge < -0.3 is 51.1 Å². The number of alkyl halides is 2. The number of pyridine rings is 3. The smallest absolute Gasteiger partial charge is 0.278 e. The van der Waals surface area contributed by atoms with Gasteiger partial charge in [-0.1, -0.05) is 190 Å². The number of carbonyl (C=O) groups is 6. The second kappa shape index (κ2) is 46.4. The first-order valence-electron chi connectivity index (χ1n) is 42.2. The van der Waals surface area contributed by atoms with Crippen molar-refractivity contribution in [3.63, 3.8) is 0 Å². The largest absolute Gasteiger partial charge is 0.502 e. The number of halogens is 11. The maximum atomic E-state index is 14.3. The Morgan fingerprint density at radius 2 is 0.799 bits per heavy atom. The Bertz CT molecular complexity index is 6410. The molecule has 16 rings (SSSR count). The van der Waals surface area contributed by atoms with Gasteiger partial charge in [-0.25, -0.2) is 39.5 Å². The molecule has 5 aliphatic rings. The van der Waals surface area contributed by atoms with Crippen LogP contribution in [0.25, 0.3) is 0 Å². The van der Waals surface area contributed by atoms with Crippen LogP contribution >= 0.6 is 31.9 Å². The Morgan fingerprint density at radius 1 is 0.463 bits per heavy atom. The minimum Gasteiger partial charge on any atom is -0.502 e. The van der Waals surface area contributed by atoms with Crippen molar-refractivity contribution in [2.75, 3.05) is 52.3 Å². The molecule has 0 saturated carbocycles. The molecule has 11 aromatic rings. The lowest BCUT2D eigenvalue weighted by Gasteiger charge is -2.45. The van der Waals surface area contributed by atoms with Crippen LogP contribution in [-0.2, 0) is 45.7 Å². The van der Waals surface area contributed by atoms with E-state index in [4.69, 9.17) is 22.3 Å². The molecule has 4 atom stereocenters. The summed E-state index contributed by atoms with van der Waals surface area (Å²) in [7, 11) is 0. The van der Waals surface area contributed by atoms with E-state index in [1.165, 1.54) is 39.3 Å². The minimum atomic E-state index is -1.19. The Morgan fingerprint density at radius 3 is 1.18 bits per heavy atom. The van der Waals surface area contributed by atoms with E-state index < -0.39 is 176 Å². The van der Waals surface area contributed by atoms with Gasteiger partial charge in [-0.15, -0.1) is 12.8 Å². The number of nitrogens with one attached hydrogen (secondary N) is 5. The van der Waals surface area contributed by atoms with E-state index in [1.54, 1.807) is 46.2 Å². The van der Waals surface area contributed by atoms with Gasteiger partial charge in [0.1, 0.15) is 101 Å². The number of hydrogen-bond acceptors (Lipinski definition) is 15. The van der Waals surface area contributed by atoms with Gasteiger partial charge in [-0.05, 0) is 90.0 Å². The quantitative estimate of drug-likeness (QED) is 0.0142. The number of aromatic nitrogens is 3. The third-order valence-corrected chi connectivity index (χ3v) is 23.2. The Balaban J connectivity index is 0.000000171. The lowest BCUT2D eigenvalue weighted by molar-refractivity contribution is 0.0581. The van der Waals surface area contributed by atoms with Crippen molar-refractivity contribution in [3.05, 3.63) is 368 Å². The number of nitrogens with zero attached hydrogens (tertiary/aromatic N) is 7. The van der Waals surface area contributed by atoms with E-state index >= 15 is 0 Å². The molecule has 692 valence electrons. The summed E-state index contributed by atoms with van der Waals surface area (Å²) in [6.07, 6.45) is 18.0. The van der Waals surface area contributed by atoms with Crippen molar-refractivity contribution in [3.8, 4) is 53.8 Å². The topological polar surface area (TPSA) is 280 Å². The average Bonchev–Trinajstić information content (AvgIpc) is 1.19. The zero-order chi connectivity index (χ0) is 95.8. The van der Waals surface area contributed by atoms with E-state index in [1.807, 2.05) is 132 Å². The van der Waals surface area contributed by atoms with Crippen LogP contribution in [0.2, 0.25) is 0 Å². The number of unbranched alkanes of at least 4 members (excludes halogenated alkanes) is 1. The van der Waals surface area contributed by atoms with Crippen LogP contribution in [0.5, 0.6) is 17.2 Å². The molecule has 3 aromatic heterocycles. The maximum absolute atomic E-state index is 14.3. The van der Waals surface area contributed by atoms with E-state index in [0.717, 1.165) is 64.8 Å². The fourth-order valence-corrected chi connectivity index (χ4v) is 16.1. The molecule has 0 aliphatic carbocycles. The monoisotopic (exact) mass is 1960 g/mol. The fraction of sp³-hybridized carbons (Fsp3) is 0.242. The first-order valence-corrected chi connectivity index (χ1v) is 44.4. The lowest BCUT2D eigenvalue weighted by atomic mass is 9.97. The van der Waals surface area contributed by atoms with Crippen LogP contribution in [-0.4, -0.2) is 120 Å². The third kappa shape index (κ3) is 23.8. The van der Waals surface area contributed by atoms with Crippen molar-refractivity contribution in [2.24, 2.45) is 0 Å². The average molecular weight is 1970 g/mol. The highest BCUT2D eigenvalue weighted by Gasteiger charge is 2.45. The number of fused-ring (bicyclic) bond motifs is 9. The number of amides is 6. The molecule has 0 radical (unpaired) electrons. The van der Waals surface area contributed by atoms with Gasteiger partial charge in [0.2, 0.25) is 16.3 Å². The molecule has 2 fully saturated rings. The maximum Gasteiger partial charge on any atom is 0.278 e. The number of rotatable bonds is 24. The highest BCUT2D eigenvalue weighted by atomic mass is 79.9. The molecule has 2 saturated heterocycles. The van der Waals surface area contributed by atoms with Gasteiger partial charge in [0.05, 0.1) is 0 Å². The molecule has 134 heavy (non-hydrogen) atoms. The van der Waals surface area contributed by atoms with Gasteiger partial charge in [0.15, 0.2) is 34.3 Å². The predicted molar refractivity (Wildman–Crippen MR) is 490 cm³/mol. The molecule has 0 spiro atoms. The first-order chi connectivity index (χ1) is 64.6. The molecular formula is C99H87Br2F9N12O12. The standard InChI is InChI=1S/C33H29F3N4O4.C30H25F3N4O4.C26H23F3N4O4.C6H2.C4H8Br2/c34-23-16-26(35)24(27(36)17-23)18-37-32(42)25-19-40-29(31(30(25)41)44-20-22-11-5-2-6-12-22)33(43)38-13-7-8-14-39(40)28(38)15-21-9-3-1-4-10-21;1-17(19-10-6-3-7-11-19)28-35-30(40)25-27(41-16-18-8-4-2-5-9-18)26(38)22(15-37(25)36-28)29(39)34-14-21-23(32)12-20(31)13-24(21)33;27-16-11-19(28)17(20(29)12-16)13-30-25(36)18-14-33-22(24(35)23(18)34)26(37)31-8-4-5-9-32(33)21(31)10-15-6-2-1-3-7-15;1-3-5-6-4-2;5-3-1-2-4-6/h1-6,9-12,16-17,19,28H,7-8,13-15,18,20H2,(H,37,42);2-13,15,17,28,36H,14,16H2,1H3,(H,34,39)(H,35,40);1-3,6-7,11-12,14,21,35H,4-5,8-10,13H2,(H,30,36);1-2H;1-4H2. The number of hydrogen-bond donors (Lipinski definition) is 6. The first kappa shape index (κ1) is 98.3. The van der Waals surface area contributed by atoms with E-state index in [2.05, 4.69) is 82.2 Å². The molecule has 24 nitrogen and oxygen atoms in total. The molecule has 6 N–H and O–H groups in total. The number of terminal acetylenes is 2. The zero-order valence-electron chi connectivity index (χ0n) is 71.8. The molecule has 8 heterocycles. The molecule has 35 heteroatoms. The summed E-state index contributed by atoms with van der Waals surface area (Å²) in [4.78, 5) is 124. The highest BCUT2D eigenvalue weighted by Crippen LogP contribution is 2.34. The van der Waals surface area contributed by atoms with Crippen LogP contribution in [0, 0.1) is 88.9 Å². The summed E-state index contributed by atoms with van der Waals surface area (Å²) in [6, 6.07) is 49.6. The summed E-state index contributed by atoms with van der Waals surface area (Å²) in [5.41, 5.74) is 1.24. The fourth-order valence-electron chi connectivity index (χ4n) is 15.3. The predicted octanol–water partition coefficient (Wildman–Crippen LogP) is 14.2. The van der Waals surface area contributed by atoms with Gasteiger partial charge in [-0.3, -0.25) is 67.2 Å². The zero-order valence-corrected chi connectivity index (χ0v) is 74.9. The number of ether oxygens (including phenoxy) is 2. The summed E-state index contributed by atoms with van der Waals surface area (Å²) >= 11 is 6.66. The minimum absolute atomic E-state index is 0.00400. The van der Waals surface area contributed by atoms with E-state index in [9.17, 15) is 87.8 Å². The van der Waals surface area contributed by atoms with Gasteiger partial charge >= 0.3 is 0 Å². The number of aromatic hydroxyl groups is 1. The van der Waals surface area contributed by atoms with Gasteiger partial charge in [0.25, 0.3) is 35.4 Å². The summed E-state index contributed by atoms with van der Waals surface area (Å²) in [5, 5.41) is 26.5. The molecule has 5 aliphatic heterocycles. The van der Waals surface area contributed by atoms with Crippen LogP contribution in [0.4, 0.5) is 39.5 Å². The molecule has 4 unspecified atom stereocenters. The summed E-state index contributed by atoms with van der Waals surface area (Å²) < 4.78 is 141. The van der Waals surface area contributed by atoms with E-state index in [0.29, 0.717) is 81.0 Å². The molecular weight excluding hydrogens is 1880 g/mol. The van der Waals surface area contributed by atoms with Crippen molar-refractivity contribution < 1.29 is 82.9 Å². The van der Waals surface area contributed by atoms with Crippen LogP contribution in [0.3, 0.4) is 0 Å². The van der Waals surface area contributed by atoms with E-state index in [-0.39, 0.29) is 53.3 Å². The second-order valence-corrected chi connectivity index (χ2v) is 32.4. The Kier molecular flexibility index (Phi) is 34.0.